The molecule has 6 heteroatoms. The molecule has 3 N–H and O–H groups in total. The highest BCUT2D eigenvalue weighted by Gasteiger charge is 2.10. The summed E-state index contributed by atoms with van der Waals surface area (Å²) in [4.78, 5) is 16.0. The zero-order valence-corrected chi connectivity index (χ0v) is 10.9. The number of nitrogens with one attached hydrogen (secondary N) is 1. The Balaban J connectivity index is 2.25. The van der Waals surface area contributed by atoms with Gasteiger partial charge in [-0.2, -0.15) is 0 Å². The molecule has 0 saturated carbocycles. The maximum Gasteiger partial charge on any atom is 0.255 e. The van der Waals surface area contributed by atoms with E-state index in [1.165, 1.54) is 13.3 Å². The second-order valence-electron chi connectivity index (χ2n) is 3.80. The Morgan fingerprint density at radius 3 is 2.89 bits per heavy atom. The lowest BCUT2D eigenvalue weighted by atomic mass is 10.1. The van der Waals surface area contributed by atoms with Crippen molar-refractivity contribution in [3.05, 3.63) is 47.2 Å². The number of halogens is 1. The molecule has 1 aromatic carbocycles. The van der Waals surface area contributed by atoms with Gasteiger partial charge in [0.25, 0.3) is 5.91 Å². The van der Waals surface area contributed by atoms with Crippen LogP contribution in [0.15, 0.2) is 36.7 Å². The van der Waals surface area contributed by atoms with Crippen LogP contribution < -0.4 is 15.8 Å². The molecule has 0 bridgehead atoms. The Morgan fingerprint density at radius 2 is 2.21 bits per heavy atom. The molecule has 19 heavy (non-hydrogen) atoms. The number of carbonyl (C=O) groups excluding carboxylic acids is 1. The molecule has 0 radical (unpaired) electrons. The maximum atomic E-state index is 12.1. The number of hydrogen-bond acceptors (Lipinski definition) is 4. The number of anilines is 2. The largest absolute Gasteiger partial charge is 0.497 e. The van der Waals surface area contributed by atoms with E-state index in [1.807, 2.05) is 0 Å². The van der Waals surface area contributed by atoms with Crippen LogP contribution in [0.2, 0.25) is 5.02 Å². The van der Waals surface area contributed by atoms with E-state index in [0.717, 1.165) is 0 Å². The fourth-order valence-electron chi connectivity index (χ4n) is 1.53. The number of nitrogens with two attached hydrogens (primary N) is 1. The number of amides is 1. The lowest BCUT2D eigenvalue weighted by Gasteiger charge is -2.08. The van der Waals surface area contributed by atoms with Crippen molar-refractivity contribution in [1.29, 1.82) is 0 Å². The van der Waals surface area contributed by atoms with Gasteiger partial charge >= 0.3 is 0 Å². The summed E-state index contributed by atoms with van der Waals surface area (Å²) in [6.07, 6.45) is 3.02. The van der Waals surface area contributed by atoms with Gasteiger partial charge in [-0.25, -0.2) is 0 Å². The fourth-order valence-corrected chi connectivity index (χ4v) is 1.69. The molecule has 0 aliphatic heterocycles. The normalized spacial score (nSPS) is 10.0. The van der Waals surface area contributed by atoms with Gasteiger partial charge in [-0.3, -0.25) is 9.78 Å². The predicted molar refractivity (Wildman–Crippen MR) is 74.6 cm³/mol. The Bertz CT molecular complexity index is 617. The molecule has 0 fully saturated rings. The van der Waals surface area contributed by atoms with E-state index in [-0.39, 0.29) is 5.91 Å². The summed E-state index contributed by atoms with van der Waals surface area (Å²) in [7, 11) is 1.51. The number of benzene rings is 1. The van der Waals surface area contributed by atoms with E-state index in [1.54, 1.807) is 30.5 Å². The lowest BCUT2D eigenvalue weighted by molar-refractivity contribution is 0.102. The first-order valence-corrected chi connectivity index (χ1v) is 5.83. The van der Waals surface area contributed by atoms with Crippen LogP contribution in [0.5, 0.6) is 5.75 Å². The Morgan fingerprint density at radius 1 is 1.42 bits per heavy atom. The number of pyridine rings is 1. The van der Waals surface area contributed by atoms with Crippen LogP contribution in [0.3, 0.4) is 0 Å². The third kappa shape index (κ3) is 3.14. The molecule has 1 aromatic heterocycles. The molecule has 0 unspecified atom stereocenters. The molecule has 1 amide bonds. The van der Waals surface area contributed by atoms with Crippen LogP contribution in [-0.4, -0.2) is 18.0 Å². The molecule has 2 aromatic rings. The summed E-state index contributed by atoms with van der Waals surface area (Å²) in [5.41, 5.74) is 6.97. The first kappa shape index (κ1) is 13.2. The topological polar surface area (TPSA) is 77.2 Å². The smallest absolute Gasteiger partial charge is 0.255 e. The van der Waals surface area contributed by atoms with E-state index in [9.17, 15) is 4.79 Å². The Kier molecular flexibility index (Phi) is 3.87. The summed E-state index contributed by atoms with van der Waals surface area (Å²) < 4.78 is 5.06. The molecule has 0 atom stereocenters. The summed E-state index contributed by atoms with van der Waals surface area (Å²) >= 11 is 5.94. The van der Waals surface area contributed by atoms with Crippen molar-refractivity contribution >= 4 is 28.9 Å². The molecule has 0 aliphatic carbocycles. The van der Waals surface area contributed by atoms with Crippen molar-refractivity contribution in [1.82, 2.24) is 4.98 Å². The van der Waals surface area contributed by atoms with Gasteiger partial charge in [0.2, 0.25) is 0 Å². The number of ether oxygens (including phenoxy) is 1. The number of aromatic nitrogens is 1. The van der Waals surface area contributed by atoms with E-state index in [2.05, 4.69) is 10.3 Å². The lowest BCUT2D eigenvalue weighted by Crippen LogP contribution is -2.13. The summed E-state index contributed by atoms with van der Waals surface area (Å²) in [6.45, 7) is 0. The number of nitrogens with zero attached hydrogens (tertiary/aromatic N) is 1. The standard InChI is InChI=1S/C13H12ClN3O2/c1-19-10-5-8(4-9(15)6-10)13(18)17-12-7-16-3-2-11(12)14/h2-7H,15H2,1H3,(H,17,18). The van der Waals surface area contributed by atoms with Crippen molar-refractivity contribution < 1.29 is 9.53 Å². The molecule has 5 nitrogen and oxygen atoms in total. The van der Waals surface area contributed by atoms with Crippen molar-refractivity contribution in [3.63, 3.8) is 0 Å². The minimum Gasteiger partial charge on any atom is -0.497 e. The first-order valence-electron chi connectivity index (χ1n) is 5.45. The quantitative estimate of drug-likeness (QED) is 0.846. The number of rotatable bonds is 3. The highest BCUT2D eigenvalue weighted by molar-refractivity contribution is 6.33. The molecule has 2 rings (SSSR count). The van der Waals surface area contributed by atoms with Crippen LogP contribution in [0.25, 0.3) is 0 Å². The minimum atomic E-state index is -0.333. The van der Waals surface area contributed by atoms with Crippen molar-refractivity contribution in [2.45, 2.75) is 0 Å². The summed E-state index contributed by atoms with van der Waals surface area (Å²) in [5, 5.41) is 3.08. The van der Waals surface area contributed by atoms with Crippen molar-refractivity contribution in [2.75, 3.05) is 18.2 Å². The van der Waals surface area contributed by atoms with Crippen LogP contribution >= 0.6 is 11.6 Å². The third-order valence-electron chi connectivity index (χ3n) is 2.44. The van der Waals surface area contributed by atoms with Gasteiger partial charge in [-0.1, -0.05) is 11.6 Å². The molecular formula is C13H12ClN3O2. The number of methoxy groups -OCH3 is 1. The Labute approximate surface area is 115 Å². The van der Waals surface area contributed by atoms with Crippen LogP contribution in [0.4, 0.5) is 11.4 Å². The zero-order valence-electron chi connectivity index (χ0n) is 10.2. The van der Waals surface area contributed by atoms with Gasteiger partial charge < -0.3 is 15.8 Å². The monoisotopic (exact) mass is 277 g/mol. The maximum absolute atomic E-state index is 12.1. The van der Waals surface area contributed by atoms with Crippen LogP contribution in [0, 0.1) is 0 Å². The average Bonchev–Trinajstić information content (AvgIpc) is 2.40. The van der Waals surface area contributed by atoms with Crippen molar-refractivity contribution in [3.8, 4) is 5.75 Å². The van der Waals surface area contributed by atoms with Crippen LogP contribution in [-0.2, 0) is 0 Å². The third-order valence-corrected chi connectivity index (χ3v) is 2.77. The number of hydrogen-bond donors (Lipinski definition) is 2. The van der Waals surface area contributed by atoms with E-state index < -0.39 is 0 Å². The van der Waals surface area contributed by atoms with E-state index in [4.69, 9.17) is 22.1 Å². The zero-order chi connectivity index (χ0) is 13.8. The summed E-state index contributed by atoms with van der Waals surface area (Å²) in [5.74, 6) is 0.183. The van der Waals surface area contributed by atoms with Gasteiger partial charge in [0.15, 0.2) is 0 Å². The van der Waals surface area contributed by atoms with Gasteiger partial charge in [-0.05, 0) is 18.2 Å². The molecular weight excluding hydrogens is 266 g/mol. The highest BCUT2D eigenvalue weighted by atomic mass is 35.5. The second kappa shape index (κ2) is 5.58. The van der Waals surface area contributed by atoms with Gasteiger partial charge in [-0.15, -0.1) is 0 Å². The number of nitrogen functional groups attached to an aromatic ring is 1. The minimum absolute atomic E-state index is 0.333. The van der Waals surface area contributed by atoms with Gasteiger partial charge in [0, 0.05) is 23.5 Å². The highest BCUT2D eigenvalue weighted by Crippen LogP contribution is 2.22. The SMILES string of the molecule is COc1cc(N)cc(C(=O)Nc2cnccc2Cl)c1. The summed E-state index contributed by atoms with van der Waals surface area (Å²) in [6, 6.07) is 6.38. The molecule has 0 saturated heterocycles. The van der Waals surface area contributed by atoms with Gasteiger partial charge in [0.1, 0.15) is 5.75 Å². The first-order chi connectivity index (χ1) is 9.10. The molecule has 0 spiro atoms. The number of carbonyl (C=O) groups is 1. The second-order valence-corrected chi connectivity index (χ2v) is 4.21. The van der Waals surface area contributed by atoms with Crippen LogP contribution in [0.1, 0.15) is 10.4 Å². The molecule has 1 heterocycles. The Hall–Kier alpha value is -2.27. The molecule has 0 aliphatic rings. The van der Waals surface area contributed by atoms with Gasteiger partial charge in [0.05, 0.1) is 24.0 Å². The fraction of sp³-hybridized carbons (Fsp3) is 0.0769. The van der Waals surface area contributed by atoms with E-state index in [0.29, 0.717) is 27.7 Å². The van der Waals surface area contributed by atoms with E-state index >= 15 is 0 Å². The molecule has 98 valence electrons. The average molecular weight is 278 g/mol. The predicted octanol–water partition coefficient (Wildman–Crippen LogP) is 2.58. The van der Waals surface area contributed by atoms with Crippen molar-refractivity contribution in [2.24, 2.45) is 0 Å².